The third kappa shape index (κ3) is 13.1. The molecule has 8 rings (SSSR count). The molecule has 320 valence electrons. The molecule has 0 saturated carbocycles. The van der Waals surface area contributed by atoms with Crippen LogP contribution in [-0.4, -0.2) is 145 Å². The Hall–Kier alpha value is -4.76. The van der Waals surface area contributed by atoms with Crippen LogP contribution < -0.4 is 0 Å². The minimum Gasteiger partial charge on any atom is -0.508 e. The summed E-state index contributed by atoms with van der Waals surface area (Å²) in [7, 11) is 0. The van der Waals surface area contributed by atoms with Gasteiger partial charge >= 0.3 is 0 Å². The molecule has 4 saturated heterocycles. The van der Waals surface area contributed by atoms with Gasteiger partial charge in [0.25, 0.3) is 0 Å². The van der Waals surface area contributed by atoms with Gasteiger partial charge in [0.05, 0.1) is 52.9 Å². The summed E-state index contributed by atoms with van der Waals surface area (Å²) in [4.78, 5) is 9.15. The number of hydrogen-bond donors (Lipinski definition) is 4. The van der Waals surface area contributed by atoms with Crippen LogP contribution in [0.5, 0.6) is 23.0 Å². The van der Waals surface area contributed by atoms with Gasteiger partial charge in [0, 0.05) is 101 Å². The molecule has 4 N–H and O–H groups in total. The van der Waals surface area contributed by atoms with Crippen molar-refractivity contribution in [3.8, 4) is 23.0 Å². The summed E-state index contributed by atoms with van der Waals surface area (Å²) in [6.45, 7) is 16.1. The van der Waals surface area contributed by atoms with E-state index in [1.54, 1.807) is 24.3 Å². The van der Waals surface area contributed by atoms with E-state index in [-0.39, 0.29) is 0 Å². The second-order valence-electron chi connectivity index (χ2n) is 15.8. The van der Waals surface area contributed by atoms with Crippen LogP contribution in [0, 0.1) is 0 Å². The number of ether oxygens (including phenoxy) is 4. The lowest BCUT2D eigenvalue weighted by Crippen LogP contribution is -2.35. The molecule has 0 spiro atoms. The number of nitrogens with zero attached hydrogens (tertiary/aromatic N) is 4. The van der Waals surface area contributed by atoms with Gasteiger partial charge in [-0.15, -0.1) is 0 Å². The molecule has 4 aliphatic heterocycles. The predicted octanol–water partition coefficient (Wildman–Crippen LogP) is 5.87. The minimum atomic E-state index is 0.312. The molecule has 4 fully saturated rings. The van der Waals surface area contributed by atoms with E-state index in [2.05, 4.69) is 19.6 Å². The normalized spacial score (nSPS) is 18.8. The average molecular weight is 821 g/mol. The molecule has 12 nitrogen and oxygen atoms in total. The van der Waals surface area contributed by atoms with Crippen LogP contribution in [0.4, 0.5) is 0 Å². The second kappa shape index (κ2) is 22.2. The minimum absolute atomic E-state index is 0.312. The fourth-order valence-corrected chi connectivity index (χ4v) is 7.66. The van der Waals surface area contributed by atoms with E-state index in [0.717, 1.165) is 176 Å². The van der Waals surface area contributed by atoms with Crippen molar-refractivity contribution in [2.24, 2.45) is 0 Å². The van der Waals surface area contributed by atoms with E-state index >= 15 is 0 Å². The van der Waals surface area contributed by atoms with Crippen LogP contribution in [0.2, 0.25) is 0 Å². The maximum absolute atomic E-state index is 10.4. The zero-order valence-electron chi connectivity index (χ0n) is 34.6. The van der Waals surface area contributed by atoms with Gasteiger partial charge in [-0.25, -0.2) is 0 Å². The van der Waals surface area contributed by atoms with Gasteiger partial charge in [-0.1, -0.05) is 72.8 Å². The lowest BCUT2D eigenvalue weighted by molar-refractivity contribution is 0.0338. The highest BCUT2D eigenvalue weighted by Gasteiger charge is 2.16. The fourth-order valence-electron chi connectivity index (χ4n) is 7.66. The third-order valence-electron chi connectivity index (χ3n) is 11.4. The summed E-state index contributed by atoms with van der Waals surface area (Å²) in [5.74, 6) is 1.25. The molecule has 0 amide bonds. The van der Waals surface area contributed by atoms with E-state index < -0.39 is 0 Å². The maximum Gasteiger partial charge on any atom is 0.120 e. The number of hydrogen-bond acceptors (Lipinski definition) is 12. The van der Waals surface area contributed by atoms with Crippen molar-refractivity contribution in [3.05, 3.63) is 117 Å². The summed E-state index contributed by atoms with van der Waals surface area (Å²) < 4.78 is 21.5. The van der Waals surface area contributed by atoms with Crippen LogP contribution in [0.3, 0.4) is 0 Å². The van der Waals surface area contributed by atoms with Crippen LogP contribution in [0.25, 0.3) is 24.3 Å². The number of phenols is 4. The van der Waals surface area contributed by atoms with Gasteiger partial charge in [0.15, 0.2) is 0 Å². The predicted molar refractivity (Wildman–Crippen MR) is 235 cm³/mol. The summed E-state index contributed by atoms with van der Waals surface area (Å²) in [6.07, 6.45) is 7.81. The zero-order valence-corrected chi connectivity index (χ0v) is 34.6. The van der Waals surface area contributed by atoms with E-state index in [1.807, 2.05) is 72.8 Å². The third-order valence-corrected chi connectivity index (χ3v) is 11.4. The van der Waals surface area contributed by atoms with Gasteiger partial charge in [-0.2, -0.15) is 0 Å². The Bertz CT molecular complexity index is 1750. The van der Waals surface area contributed by atoms with Crippen molar-refractivity contribution in [2.45, 2.75) is 26.2 Å². The molecule has 0 atom stereocenters. The highest BCUT2D eigenvalue weighted by molar-refractivity contribution is 5.72. The first-order chi connectivity index (χ1) is 29.3. The zero-order chi connectivity index (χ0) is 41.5. The summed E-state index contributed by atoms with van der Waals surface area (Å²) in [6, 6.07) is 23.1. The fraction of sp³-hybridized carbons (Fsp3) is 0.417. The molecular weight excluding hydrogens is 761 g/mol. The quantitative estimate of drug-likeness (QED) is 0.128. The summed E-state index contributed by atoms with van der Waals surface area (Å²) in [5.41, 5.74) is 7.42. The molecule has 0 radical (unpaired) electrons. The molecule has 4 aromatic carbocycles. The van der Waals surface area contributed by atoms with Crippen LogP contribution in [0.15, 0.2) is 72.8 Å². The molecule has 0 aliphatic carbocycles. The molecular formula is C48H60N4O8. The number of aromatic hydroxyl groups is 4. The van der Waals surface area contributed by atoms with Crippen molar-refractivity contribution in [1.29, 1.82) is 0 Å². The standard InChI is InChI=1S/2C24H30N2O4/c2*27-23-15-19(3-5-21(23)17-25-7-11-29-12-8-25)1-2-20-4-6-22(24(28)16-20)18-26-9-13-30-14-10-26/h2*1-6,15-16,27-28H,7-14,17-18H2/b2-1+;2-1-. The van der Waals surface area contributed by atoms with E-state index in [1.165, 1.54) is 0 Å². The lowest BCUT2D eigenvalue weighted by Gasteiger charge is -2.26. The molecule has 4 aliphatic rings. The topological polar surface area (TPSA) is 131 Å². The first kappa shape index (κ1) is 43.3. The largest absolute Gasteiger partial charge is 0.508 e. The molecule has 60 heavy (non-hydrogen) atoms. The SMILES string of the molecule is Oc1cc(/C=C/c2ccc(CN3CCOCC3)c(O)c2)ccc1CN1CCOCC1.Oc1cc(/C=C\c2ccc(CN3CCOCC3)c(O)c2)ccc1CN1CCOCC1. The van der Waals surface area contributed by atoms with E-state index in [9.17, 15) is 20.4 Å². The molecule has 0 aromatic heterocycles. The van der Waals surface area contributed by atoms with Crippen LogP contribution in [-0.2, 0) is 45.1 Å². The van der Waals surface area contributed by atoms with Gasteiger partial charge in [-0.3, -0.25) is 19.6 Å². The van der Waals surface area contributed by atoms with Crippen molar-refractivity contribution in [2.75, 3.05) is 105 Å². The summed E-state index contributed by atoms with van der Waals surface area (Å²) >= 11 is 0. The van der Waals surface area contributed by atoms with Crippen molar-refractivity contribution < 1.29 is 39.4 Å². The molecule has 0 unspecified atom stereocenters. The highest BCUT2D eigenvalue weighted by atomic mass is 16.5. The van der Waals surface area contributed by atoms with Crippen LogP contribution in [0.1, 0.15) is 44.5 Å². The number of benzene rings is 4. The average Bonchev–Trinajstić information content (AvgIpc) is 3.27. The molecule has 4 heterocycles. The first-order valence-corrected chi connectivity index (χ1v) is 21.2. The molecule has 4 aromatic rings. The van der Waals surface area contributed by atoms with Gasteiger partial charge in [0.2, 0.25) is 0 Å². The summed E-state index contributed by atoms with van der Waals surface area (Å²) in [5, 5.41) is 41.6. The number of rotatable bonds is 12. The molecule has 0 bridgehead atoms. The molecule has 12 heteroatoms. The lowest BCUT2D eigenvalue weighted by atomic mass is 10.1. The van der Waals surface area contributed by atoms with Gasteiger partial charge in [0.1, 0.15) is 23.0 Å². The van der Waals surface area contributed by atoms with Crippen molar-refractivity contribution in [1.82, 2.24) is 19.6 Å². The number of phenolic OH excluding ortho intramolecular Hbond substituents is 4. The van der Waals surface area contributed by atoms with Crippen LogP contribution >= 0.6 is 0 Å². The Morgan fingerprint density at radius 3 is 0.717 bits per heavy atom. The Kier molecular flexibility index (Phi) is 16.0. The van der Waals surface area contributed by atoms with Crippen molar-refractivity contribution >= 4 is 24.3 Å². The van der Waals surface area contributed by atoms with Crippen molar-refractivity contribution in [3.63, 3.8) is 0 Å². The van der Waals surface area contributed by atoms with Gasteiger partial charge < -0.3 is 39.4 Å². The Labute approximate surface area is 354 Å². The highest BCUT2D eigenvalue weighted by Crippen LogP contribution is 2.27. The maximum atomic E-state index is 10.4. The Balaban J connectivity index is 0.000000181. The second-order valence-corrected chi connectivity index (χ2v) is 15.8. The van der Waals surface area contributed by atoms with Gasteiger partial charge in [-0.05, 0) is 46.5 Å². The van der Waals surface area contributed by atoms with E-state index in [0.29, 0.717) is 23.0 Å². The number of morpholine rings is 4. The monoisotopic (exact) mass is 820 g/mol. The smallest absolute Gasteiger partial charge is 0.120 e. The first-order valence-electron chi connectivity index (χ1n) is 21.2. The Morgan fingerprint density at radius 2 is 0.533 bits per heavy atom. The van der Waals surface area contributed by atoms with E-state index in [4.69, 9.17) is 18.9 Å². The Morgan fingerprint density at radius 1 is 0.333 bits per heavy atom.